The van der Waals surface area contributed by atoms with Crippen molar-refractivity contribution in [2.75, 3.05) is 0 Å². The Bertz CT molecular complexity index is 377. The van der Waals surface area contributed by atoms with Gasteiger partial charge in [0, 0.05) is 0 Å². The van der Waals surface area contributed by atoms with E-state index in [4.69, 9.17) is 10.5 Å². The second-order valence-electron chi connectivity index (χ2n) is 5.02. The molecule has 0 bridgehead atoms. The van der Waals surface area contributed by atoms with Crippen LogP contribution in [0.5, 0.6) is 0 Å². The molecule has 1 atom stereocenters. The Morgan fingerprint density at radius 2 is 1.84 bits per heavy atom. The maximum atomic E-state index is 11.9. The average Bonchev–Trinajstić information content (AvgIpc) is 2.46. The number of esters is 1. The summed E-state index contributed by atoms with van der Waals surface area (Å²) in [5, 5.41) is 0. The van der Waals surface area contributed by atoms with Crippen LogP contribution in [-0.4, -0.2) is 12.0 Å². The summed E-state index contributed by atoms with van der Waals surface area (Å²) in [5.41, 5.74) is 6.98. The number of rotatable bonds is 4. The molecule has 1 aromatic carbocycles. The van der Waals surface area contributed by atoms with Gasteiger partial charge >= 0.3 is 5.97 Å². The Morgan fingerprint density at radius 3 is 2.47 bits per heavy atom. The number of nitrogens with two attached hydrogens (primary N) is 1. The molecule has 0 spiro atoms. The van der Waals surface area contributed by atoms with Gasteiger partial charge in [-0.3, -0.25) is 4.79 Å². The molecule has 1 aromatic rings. The van der Waals surface area contributed by atoms with Crippen molar-refractivity contribution in [1.29, 1.82) is 0 Å². The predicted molar refractivity (Wildman–Crippen MR) is 78.0 cm³/mol. The summed E-state index contributed by atoms with van der Waals surface area (Å²) in [6.07, 6.45) is 5.75. The summed E-state index contributed by atoms with van der Waals surface area (Å²) in [6.45, 7) is 0.320. The van der Waals surface area contributed by atoms with Crippen molar-refractivity contribution >= 4 is 18.4 Å². The van der Waals surface area contributed by atoms with Gasteiger partial charge in [-0.05, 0) is 24.3 Å². The van der Waals surface area contributed by atoms with Crippen molar-refractivity contribution < 1.29 is 9.53 Å². The highest BCUT2D eigenvalue weighted by Gasteiger charge is 2.27. The minimum absolute atomic E-state index is 0. The molecular formula is C15H22ClNO2. The number of ether oxygens (including phenoxy) is 1. The van der Waals surface area contributed by atoms with E-state index in [1.165, 1.54) is 19.3 Å². The van der Waals surface area contributed by atoms with Crippen molar-refractivity contribution in [3.63, 3.8) is 0 Å². The third-order valence-corrected chi connectivity index (χ3v) is 3.65. The Balaban J connectivity index is 0.00000180. The second kappa shape index (κ2) is 8.18. The van der Waals surface area contributed by atoms with Crippen LogP contribution in [0.15, 0.2) is 30.3 Å². The standard InChI is InChI=1S/C15H21NO2.ClH/c16-14(13-9-5-2-6-10-13)15(17)18-11-12-7-3-1-4-8-12;/h1,3-4,7-8,13-14H,2,5-6,9-11,16H2;1H. The van der Waals surface area contributed by atoms with E-state index in [0.29, 0.717) is 12.5 Å². The van der Waals surface area contributed by atoms with Crippen LogP contribution in [0, 0.1) is 5.92 Å². The SMILES string of the molecule is Cl.NC(C(=O)OCc1ccccc1)C1CCCCC1. The van der Waals surface area contributed by atoms with Crippen LogP contribution in [0.1, 0.15) is 37.7 Å². The molecule has 0 heterocycles. The van der Waals surface area contributed by atoms with E-state index >= 15 is 0 Å². The van der Waals surface area contributed by atoms with Gasteiger partial charge in [-0.15, -0.1) is 12.4 Å². The van der Waals surface area contributed by atoms with Crippen LogP contribution in [0.2, 0.25) is 0 Å². The molecule has 0 radical (unpaired) electrons. The fourth-order valence-electron chi connectivity index (χ4n) is 2.51. The lowest BCUT2D eigenvalue weighted by Gasteiger charge is -2.25. The fourth-order valence-corrected chi connectivity index (χ4v) is 2.51. The first kappa shape index (κ1) is 16.0. The van der Waals surface area contributed by atoms with E-state index in [0.717, 1.165) is 18.4 Å². The van der Waals surface area contributed by atoms with Gasteiger partial charge in [-0.2, -0.15) is 0 Å². The van der Waals surface area contributed by atoms with E-state index in [-0.39, 0.29) is 18.4 Å². The Hall–Kier alpha value is -1.06. The molecule has 19 heavy (non-hydrogen) atoms. The van der Waals surface area contributed by atoms with Crippen molar-refractivity contribution in [1.82, 2.24) is 0 Å². The van der Waals surface area contributed by atoms with Gasteiger partial charge in [0.25, 0.3) is 0 Å². The molecule has 0 amide bonds. The lowest BCUT2D eigenvalue weighted by atomic mass is 9.84. The van der Waals surface area contributed by atoms with Gasteiger partial charge in [0.05, 0.1) is 0 Å². The topological polar surface area (TPSA) is 52.3 Å². The van der Waals surface area contributed by atoms with Crippen molar-refractivity contribution in [3.05, 3.63) is 35.9 Å². The zero-order chi connectivity index (χ0) is 12.8. The molecule has 0 aromatic heterocycles. The molecule has 0 saturated heterocycles. The van der Waals surface area contributed by atoms with Crippen molar-refractivity contribution in [2.45, 2.75) is 44.8 Å². The Labute approximate surface area is 120 Å². The van der Waals surface area contributed by atoms with Gasteiger partial charge in [0.15, 0.2) is 0 Å². The average molecular weight is 284 g/mol. The first-order valence-corrected chi connectivity index (χ1v) is 6.73. The highest BCUT2D eigenvalue weighted by atomic mass is 35.5. The monoisotopic (exact) mass is 283 g/mol. The van der Waals surface area contributed by atoms with Crippen LogP contribution in [0.3, 0.4) is 0 Å². The smallest absolute Gasteiger partial charge is 0.323 e. The molecule has 1 aliphatic rings. The molecule has 1 unspecified atom stereocenters. The Morgan fingerprint density at radius 1 is 1.21 bits per heavy atom. The molecule has 3 nitrogen and oxygen atoms in total. The molecule has 0 aliphatic heterocycles. The van der Waals surface area contributed by atoms with Gasteiger partial charge in [-0.25, -0.2) is 0 Å². The van der Waals surface area contributed by atoms with Crippen LogP contribution in [-0.2, 0) is 16.1 Å². The van der Waals surface area contributed by atoms with Crippen LogP contribution < -0.4 is 5.73 Å². The first-order valence-electron chi connectivity index (χ1n) is 6.73. The van der Waals surface area contributed by atoms with E-state index < -0.39 is 6.04 Å². The molecule has 4 heteroatoms. The predicted octanol–water partition coefficient (Wildman–Crippen LogP) is 3.06. The Kier molecular flexibility index (Phi) is 6.89. The number of carbonyl (C=O) groups excluding carboxylic acids is 1. The summed E-state index contributed by atoms with van der Waals surface area (Å²) in [5.74, 6) is 0.0489. The summed E-state index contributed by atoms with van der Waals surface area (Å²) in [6, 6.07) is 9.25. The van der Waals surface area contributed by atoms with Gasteiger partial charge in [0.2, 0.25) is 0 Å². The minimum Gasteiger partial charge on any atom is -0.460 e. The maximum Gasteiger partial charge on any atom is 0.323 e. The van der Waals surface area contributed by atoms with Crippen LogP contribution >= 0.6 is 12.4 Å². The number of benzene rings is 1. The van der Waals surface area contributed by atoms with Crippen molar-refractivity contribution in [3.8, 4) is 0 Å². The van der Waals surface area contributed by atoms with Gasteiger partial charge in [0.1, 0.15) is 12.6 Å². The lowest BCUT2D eigenvalue weighted by Crippen LogP contribution is -2.40. The first-order chi connectivity index (χ1) is 8.77. The summed E-state index contributed by atoms with van der Waals surface area (Å²) < 4.78 is 5.28. The van der Waals surface area contributed by atoms with E-state index in [1.807, 2.05) is 30.3 Å². The molecule has 1 fully saturated rings. The zero-order valence-corrected chi connectivity index (χ0v) is 11.9. The van der Waals surface area contributed by atoms with E-state index in [9.17, 15) is 4.79 Å². The summed E-state index contributed by atoms with van der Waals surface area (Å²) in [7, 11) is 0. The van der Waals surface area contributed by atoms with E-state index in [1.54, 1.807) is 0 Å². The number of carbonyl (C=O) groups is 1. The number of hydrogen-bond acceptors (Lipinski definition) is 3. The number of halogens is 1. The van der Waals surface area contributed by atoms with Gasteiger partial charge in [-0.1, -0.05) is 49.6 Å². The van der Waals surface area contributed by atoms with Crippen LogP contribution in [0.25, 0.3) is 0 Å². The summed E-state index contributed by atoms with van der Waals surface area (Å²) in [4.78, 5) is 11.9. The third kappa shape index (κ3) is 4.84. The van der Waals surface area contributed by atoms with Crippen LogP contribution in [0.4, 0.5) is 0 Å². The molecular weight excluding hydrogens is 262 g/mol. The largest absolute Gasteiger partial charge is 0.460 e. The minimum atomic E-state index is -0.450. The quantitative estimate of drug-likeness (QED) is 0.864. The maximum absolute atomic E-state index is 11.9. The number of hydrogen-bond donors (Lipinski definition) is 1. The highest BCUT2D eigenvalue weighted by molar-refractivity contribution is 5.85. The fraction of sp³-hybridized carbons (Fsp3) is 0.533. The highest BCUT2D eigenvalue weighted by Crippen LogP contribution is 2.26. The van der Waals surface area contributed by atoms with Gasteiger partial charge < -0.3 is 10.5 Å². The zero-order valence-electron chi connectivity index (χ0n) is 11.1. The summed E-state index contributed by atoms with van der Waals surface area (Å²) >= 11 is 0. The second-order valence-corrected chi connectivity index (χ2v) is 5.02. The van der Waals surface area contributed by atoms with E-state index in [2.05, 4.69) is 0 Å². The molecule has 106 valence electrons. The molecule has 2 N–H and O–H groups in total. The molecule has 1 saturated carbocycles. The van der Waals surface area contributed by atoms with Crippen molar-refractivity contribution in [2.24, 2.45) is 11.7 Å². The lowest BCUT2D eigenvalue weighted by molar-refractivity contribution is -0.148. The third-order valence-electron chi connectivity index (χ3n) is 3.65. The molecule has 1 aliphatic carbocycles. The normalized spacial score (nSPS) is 17.3. The molecule has 2 rings (SSSR count).